The molecule has 0 aromatic heterocycles. The number of fused-ring (bicyclic) bond motifs is 3. The Morgan fingerprint density at radius 1 is 0.692 bits per heavy atom. The molecule has 17 heteroatoms. The molecule has 0 bridgehead atoms. The Morgan fingerprint density at radius 2 is 1.32 bits per heavy atom. The Hall–Kier alpha value is -3.30. The third-order valence-electron chi connectivity index (χ3n) is 14.8. The lowest BCUT2D eigenvalue weighted by atomic mass is 9.71. The second-order valence-corrected chi connectivity index (χ2v) is 19.4. The van der Waals surface area contributed by atoms with Crippen molar-refractivity contribution in [2.24, 2.45) is 0 Å². The minimum Gasteiger partial charge on any atom is -0.507 e. The summed E-state index contributed by atoms with van der Waals surface area (Å²) >= 11 is 0. The Balaban J connectivity index is 1.09. The average Bonchev–Trinajstić information content (AvgIpc) is 3.25. The summed E-state index contributed by atoms with van der Waals surface area (Å²) in [6.07, 6.45) is -3.68. The molecular weight excluding hydrogens is 845 g/mol. The molecule has 360 valence electrons. The zero-order chi connectivity index (χ0) is 46.8. The van der Waals surface area contributed by atoms with Crippen LogP contribution in [0.4, 0.5) is 0 Å². The van der Waals surface area contributed by atoms with Gasteiger partial charge in [-0.05, 0) is 94.1 Å². The molecule has 65 heavy (non-hydrogen) atoms. The molecule has 0 radical (unpaired) electrons. The number of ketones is 2. The molecule has 6 aliphatic rings. The lowest BCUT2D eigenvalue weighted by Crippen LogP contribution is -2.58. The van der Waals surface area contributed by atoms with Crippen LogP contribution in [0.5, 0.6) is 17.2 Å². The zero-order valence-corrected chi connectivity index (χ0v) is 39.0. The average molecular weight is 913 g/mol. The second kappa shape index (κ2) is 19.0. The highest BCUT2D eigenvalue weighted by molar-refractivity contribution is 6.31. The largest absolute Gasteiger partial charge is 0.507 e. The highest BCUT2D eigenvalue weighted by atomic mass is 16.7. The summed E-state index contributed by atoms with van der Waals surface area (Å²) < 4.78 is 52.4. The number of nitrogens with zero attached hydrogens (tertiary/aromatic N) is 2. The molecule has 0 saturated carbocycles. The molecule has 2 aromatic rings. The van der Waals surface area contributed by atoms with Crippen molar-refractivity contribution in [3.05, 3.63) is 51.6 Å². The van der Waals surface area contributed by atoms with Crippen LogP contribution in [0.1, 0.15) is 135 Å². The fourth-order valence-electron chi connectivity index (χ4n) is 10.9. The van der Waals surface area contributed by atoms with Gasteiger partial charge in [0.15, 0.2) is 30.9 Å². The van der Waals surface area contributed by atoms with Gasteiger partial charge < -0.3 is 73.2 Å². The number of aliphatic hydroxyl groups is 2. The van der Waals surface area contributed by atoms with E-state index in [0.717, 1.165) is 0 Å². The van der Waals surface area contributed by atoms with Crippen molar-refractivity contribution in [2.75, 3.05) is 28.2 Å². The van der Waals surface area contributed by atoms with E-state index in [-0.39, 0.29) is 76.6 Å². The predicted octanol–water partition coefficient (Wildman–Crippen LogP) is 4.42. The maximum atomic E-state index is 14.3. The first-order chi connectivity index (χ1) is 30.8. The van der Waals surface area contributed by atoms with E-state index in [1.165, 1.54) is 18.2 Å². The highest BCUT2D eigenvalue weighted by Gasteiger charge is 2.54. The number of hydrogen-bond acceptors (Lipinski definition) is 17. The quantitative estimate of drug-likeness (QED) is 0.168. The summed E-state index contributed by atoms with van der Waals surface area (Å²) in [6, 6.07) is 3.60. The van der Waals surface area contributed by atoms with Crippen molar-refractivity contribution in [3.63, 3.8) is 0 Å². The SMILES string of the molecule is CC[C@@]1(O[C@H]2C[C@@H](N(C)C)[C@@H](O)[C@@H](C)O2)CCc2c(O)c3c(c(O)c2[C@@H]1O[C@H]1C[C@@H](N(C)C)[C@H](O[C@@H]2CC[C@@H](O[C@@H]4CC[C@@H](O)[C@H](C)O4)[C@H](C)O2)[C@@H](C)O1)C(=O)c1cccc(O)c1C3=O. The van der Waals surface area contributed by atoms with E-state index < -0.39 is 96.2 Å². The monoisotopic (exact) mass is 912 g/mol. The summed E-state index contributed by atoms with van der Waals surface area (Å²) in [5.41, 5.74) is -1.99. The molecule has 2 aromatic carbocycles. The van der Waals surface area contributed by atoms with Crippen LogP contribution in [0, 0.1) is 0 Å². The first-order valence-corrected chi connectivity index (χ1v) is 23.3. The fraction of sp³-hybridized carbons (Fsp3) is 0.708. The Bertz CT molecular complexity index is 2080. The molecule has 0 spiro atoms. The van der Waals surface area contributed by atoms with Crippen LogP contribution < -0.4 is 0 Å². The molecule has 4 saturated heterocycles. The zero-order valence-electron chi connectivity index (χ0n) is 39.0. The van der Waals surface area contributed by atoms with Gasteiger partial charge in [0, 0.05) is 54.5 Å². The molecule has 4 fully saturated rings. The number of aliphatic hydroxyl groups excluding tert-OH is 2. The Kier molecular flexibility index (Phi) is 14.1. The Labute approximate surface area is 380 Å². The molecule has 8 rings (SSSR count). The molecule has 0 unspecified atom stereocenters. The van der Waals surface area contributed by atoms with Gasteiger partial charge in [-0.2, -0.15) is 0 Å². The summed E-state index contributed by atoms with van der Waals surface area (Å²) in [7, 11) is 7.67. The predicted molar refractivity (Wildman–Crippen MR) is 233 cm³/mol. The standard InChI is InChI=1S/C48H68N2O15/c1-10-48(65-36-20-28(49(6)7)41(53)24(4)60-36)19-18-27-38(45(57)40-39(43(27)55)44(56)37-26(42(40)54)12-11-13-31(37)52)47(48)64-35-21-29(50(8)9)46(25(5)61-35)63-34-17-15-32(23(3)59-34)62-33-16-14-30(51)22(2)58-33/h11-13,22-25,28-30,32-36,41,46-47,51-53,55,57H,10,14-21H2,1-9H3/t22-,23-,24+,25+,28+,29+,30+,32+,33+,34+,35-,36-,41-,46+,47-,48+/m0/s1. The number of rotatable bonds is 11. The number of phenolic OH excluding ortho intramolecular Hbond substituents is 3. The van der Waals surface area contributed by atoms with Crippen molar-refractivity contribution in [2.45, 2.75) is 190 Å². The normalized spacial score (nSPS) is 38.7. The highest BCUT2D eigenvalue weighted by Crippen LogP contribution is 2.56. The van der Waals surface area contributed by atoms with Crippen molar-refractivity contribution < 1.29 is 73.0 Å². The summed E-state index contributed by atoms with van der Waals surface area (Å²) in [5.74, 6) is -2.91. The van der Waals surface area contributed by atoms with E-state index in [9.17, 15) is 35.1 Å². The number of benzene rings is 2. The van der Waals surface area contributed by atoms with E-state index in [2.05, 4.69) is 0 Å². The van der Waals surface area contributed by atoms with Gasteiger partial charge in [0.25, 0.3) is 0 Å². The van der Waals surface area contributed by atoms with Gasteiger partial charge >= 0.3 is 0 Å². The van der Waals surface area contributed by atoms with E-state index >= 15 is 0 Å². The first-order valence-electron chi connectivity index (χ1n) is 23.3. The third kappa shape index (κ3) is 8.97. The van der Waals surface area contributed by atoms with Crippen LogP contribution in [-0.4, -0.2) is 167 Å². The maximum absolute atomic E-state index is 14.3. The lowest BCUT2D eigenvalue weighted by Gasteiger charge is -2.51. The van der Waals surface area contributed by atoms with Crippen molar-refractivity contribution in [1.29, 1.82) is 0 Å². The summed E-state index contributed by atoms with van der Waals surface area (Å²) in [6.45, 7) is 9.42. The van der Waals surface area contributed by atoms with Gasteiger partial charge in [-0.3, -0.25) is 9.59 Å². The maximum Gasteiger partial charge on any atom is 0.202 e. The number of aromatic hydroxyl groups is 3. The topological polar surface area (TPSA) is 216 Å². The third-order valence-corrected chi connectivity index (χ3v) is 14.8. The van der Waals surface area contributed by atoms with Crippen molar-refractivity contribution >= 4 is 11.6 Å². The van der Waals surface area contributed by atoms with Crippen molar-refractivity contribution in [3.8, 4) is 17.2 Å². The second-order valence-electron chi connectivity index (χ2n) is 19.4. The van der Waals surface area contributed by atoms with E-state index in [1.807, 2.05) is 65.7 Å². The number of hydrogen-bond donors (Lipinski definition) is 5. The van der Waals surface area contributed by atoms with Gasteiger partial charge in [-0.1, -0.05) is 19.1 Å². The van der Waals surface area contributed by atoms with E-state index in [1.54, 1.807) is 6.92 Å². The molecular formula is C48H68N2O15. The van der Waals surface area contributed by atoms with Crippen LogP contribution >= 0.6 is 0 Å². The van der Waals surface area contributed by atoms with Crippen LogP contribution in [0.3, 0.4) is 0 Å². The number of ether oxygens (including phenoxy) is 8. The van der Waals surface area contributed by atoms with E-state index in [0.29, 0.717) is 44.9 Å². The van der Waals surface area contributed by atoms with Crippen molar-refractivity contribution in [1.82, 2.24) is 9.80 Å². The summed E-state index contributed by atoms with van der Waals surface area (Å²) in [5, 5.41) is 56.3. The molecule has 5 N–H and O–H groups in total. The minimum atomic E-state index is -1.23. The molecule has 4 heterocycles. The number of likely N-dealkylation sites (N-methyl/N-ethyl adjacent to an activating group) is 2. The molecule has 0 amide bonds. The molecule has 17 nitrogen and oxygen atoms in total. The van der Waals surface area contributed by atoms with Gasteiger partial charge in [0.2, 0.25) is 5.78 Å². The molecule has 16 atom stereocenters. The van der Waals surface area contributed by atoms with Gasteiger partial charge in [-0.25, -0.2) is 0 Å². The number of carbonyl (C=O) groups excluding carboxylic acids is 2. The summed E-state index contributed by atoms with van der Waals surface area (Å²) in [4.78, 5) is 32.3. The molecule has 4 aliphatic heterocycles. The molecule has 2 aliphatic carbocycles. The number of phenols is 3. The van der Waals surface area contributed by atoms with E-state index in [4.69, 9.17) is 37.9 Å². The van der Waals surface area contributed by atoms with Crippen LogP contribution in [0.2, 0.25) is 0 Å². The number of carbonyl (C=O) groups is 2. The Morgan fingerprint density at radius 3 is 2.00 bits per heavy atom. The first kappa shape index (κ1) is 48.2. The van der Waals surface area contributed by atoms with Gasteiger partial charge in [0.1, 0.15) is 35.1 Å². The lowest BCUT2D eigenvalue weighted by molar-refractivity contribution is -0.335. The smallest absolute Gasteiger partial charge is 0.202 e. The van der Waals surface area contributed by atoms with Crippen LogP contribution in [0.25, 0.3) is 0 Å². The van der Waals surface area contributed by atoms with Gasteiger partial charge in [0.05, 0.1) is 59.4 Å². The van der Waals surface area contributed by atoms with Crippen LogP contribution in [-0.2, 0) is 44.3 Å². The van der Waals surface area contributed by atoms with Gasteiger partial charge in [-0.15, -0.1) is 0 Å². The fourth-order valence-corrected chi connectivity index (χ4v) is 10.9. The minimum absolute atomic E-state index is 0.0985. The van der Waals surface area contributed by atoms with Crippen LogP contribution in [0.15, 0.2) is 18.2 Å².